The van der Waals surface area contributed by atoms with Gasteiger partial charge in [0.25, 0.3) is 0 Å². The van der Waals surface area contributed by atoms with Crippen LogP contribution in [0.15, 0.2) is 54.6 Å². The number of urea groups is 2. The fourth-order valence-electron chi connectivity index (χ4n) is 2.62. The molecule has 0 aliphatic rings. The van der Waals surface area contributed by atoms with Crippen LogP contribution in [0.3, 0.4) is 0 Å². The molecule has 3 aromatic rings. The average molecular weight is 498 g/mol. The largest absolute Gasteiger partial charge is 0.323 e. The van der Waals surface area contributed by atoms with E-state index < -0.39 is 12.1 Å². The van der Waals surface area contributed by atoms with Crippen molar-refractivity contribution in [3.05, 3.63) is 80.3 Å². The summed E-state index contributed by atoms with van der Waals surface area (Å²) in [5, 5.41) is 12.3. The highest BCUT2D eigenvalue weighted by molar-refractivity contribution is 6.42. The molecular formula is C21H16Cl4N4O2. The van der Waals surface area contributed by atoms with Gasteiger partial charge in [0.15, 0.2) is 0 Å². The molecule has 0 saturated carbocycles. The Bertz CT molecular complexity index is 1070. The summed E-state index contributed by atoms with van der Waals surface area (Å²) in [6.45, 7) is 1.77. The molecule has 0 saturated heterocycles. The van der Waals surface area contributed by atoms with Crippen LogP contribution in [0, 0.1) is 6.92 Å². The van der Waals surface area contributed by atoms with Crippen molar-refractivity contribution >= 4 is 81.2 Å². The Kier molecular flexibility index (Phi) is 7.51. The van der Waals surface area contributed by atoms with Crippen molar-refractivity contribution in [3.8, 4) is 0 Å². The first kappa shape index (κ1) is 23.0. The van der Waals surface area contributed by atoms with Crippen LogP contribution in [0.5, 0.6) is 0 Å². The van der Waals surface area contributed by atoms with Crippen LogP contribution < -0.4 is 21.3 Å². The fourth-order valence-corrected chi connectivity index (χ4v) is 3.22. The Morgan fingerprint density at radius 2 is 1.03 bits per heavy atom. The van der Waals surface area contributed by atoms with E-state index in [1.54, 1.807) is 61.5 Å². The first-order chi connectivity index (χ1) is 14.7. The minimum atomic E-state index is -0.473. The molecule has 0 aromatic heterocycles. The second-order valence-electron chi connectivity index (χ2n) is 6.39. The molecule has 10 heteroatoms. The lowest BCUT2D eigenvalue weighted by Gasteiger charge is -2.15. The molecule has 0 spiro atoms. The molecule has 31 heavy (non-hydrogen) atoms. The first-order valence-corrected chi connectivity index (χ1v) is 10.4. The molecule has 0 radical (unpaired) electrons. The quantitative estimate of drug-likeness (QED) is 0.295. The normalized spacial score (nSPS) is 10.4. The number of halogens is 4. The highest BCUT2D eigenvalue weighted by atomic mass is 35.5. The van der Waals surface area contributed by atoms with E-state index in [0.29, 0.717) is 48.4 Å². The molecule has 0 unspecified atom stereocenters. The maximum atomic E-state index is 12.3. The Morgan fingerprint density at radius 1 is 0.613 bits per heavy atom. The summed E-state index contributed by atoms with van der Waals surface area (Å²) in [5.74, 6) is 0. The van der Waals surface area contributed by atoms with E-state index in [0.717, 1.165) is 0 Å². The first-order valence-electron chi connectivity index (χ1n) is 8.88. The van der Waals surface area contributed by atoms with Crippen LogP contribution in [-0.2, 0) is 0 Å². The van der Waals surface area contributed by atoms with E-state index >= 15 is 0 Å². The van der Waals surface area contributed by atoms with Crippen LogP contribution in [-0.4, -0.2) is 12.1 Å². The Labute approximate surface area is 198 Å². The van der Waals surface area contributed by atoms with Gasteiger partial charge in [0.2, 0.25) is 0 Å². The summed E-state index contributed by atoms with van der Waals surface area (Å²) in [7, 11) is 0. The summed E-state index contributed by atoms with van der Waals surface area (Å²) in [6, 6.07) is 13.7. The summed E-state index contributed by atoms with van der Waals surface area (Å²) in [6.07, 6.45) is 0. The number of hydrogen-bond donors (Lipinski definition) is 4. The van der Waals surface area contributed by atoms with Gasteiger partial charge >= 0.3 is 12.1 Å². The van der Waals surface area contributed by atoms with Gasteiger partial charge in [0, 0.05) is 22.7 Å². The Morgan fingerprint density at radius 3 is 1.42 bits per heavy atom. The Hall–Kier alpha value is -2.64. The van der Waals surface area contributed by atoms with Gasteiger partial charge in [0.05, 0.1) is 20.1 Å². The third-order valence-electron chi connectivity index (χ3n) is 4.19. The van der Waals surface area contributed by atoms with Gasteiger partial charge in [-0.1, -0.05) is 52.5 Å². The molecule has 0 aliphatic heterocycles. The fraction of sp³-hybridized carbons (Fsp3) is 0.0476. The second-order valence-corrected chi connectivity index (χ2v) is 8.02. The summed E-state index contributed by atoms with van der Waals surface area (Å²) in [5.41, 5.74) is 2.67. The number of hydrogen-bond acceptors (Lipinski definition) is 2. The number of anilines is 4. The van der Waals surface area contributed by atoms with Gasteiger partial charge in [0.1, 0.15) is 0 Å². The monoisotopic (exact) mass is 496 g/mol. The van der Waals surface area contributed by atoms with Crippen molar-refractivity contribution < 1.29 is 9.59 Å². The van der Waals surface area contributed by atoms with Crippen molar-refractivity contribution in [1.82, 2.24) is 0 Å². The third-order valence-corrected chi connectivity index (χ3v) is 5.66. The topological polar surface area (TPSA) is 82.3 Å². The molecule has 0 aliphatic carbocycles. The molecule has 4 N–H and O–H groups in total. The molecule has 0 fully saturated rings. The van der Waals surface area contributed by atoms with Crippen molar-refractivity contribution in [2.24, 2.45) is 0 Å². The number of carbonyl (C=O) groups excluding carboxylic acids is 2. The lowest BCUT2D eigenvalue weighted by molar-refractivity contribution is 0.261. The second kappa shape index (κ2) is 10.1. The van der Waals surface area contributed by atoms with Crippen molar-refractivity contribution in [2.45, 2.75) is 6.92 Å². The van der Waals surface area contributed by atoms with Crippen LogP contribution in [0.1, 0.15) is 5.56 Å². The molecule has 6 nitrogen and oxygen atoms in total. The van der Waals surface area contributed by atoms with Crippen LogP contribution in [0.25, 0.3) is 0 Å². The smallest absolute Gasteiger partial charge is 0.308 e. The SMILES string of the molecule is Cc1c(NC(=O)Nc2ccc(Cl)c(Cl)c2)cccc1NC(=O)Nc1ccc(Cl)c(Cl)c1. The maximum Gasteiger partial charge on any atom is 0.323 e. The molecule has 0 heterocycles. The van der Waals surface area contributed by atoms with E-state index in [4.69, 9.17) is 46.4 Å². The molecular weight excluding hydrogens is 482 g/mol. The van der Waals surface area contributed by atoms with E-state index in [9.17, 15) is 9.59 Å². The predicted octanol–water partition coefficient (Wildman–Crippen LogP) is 7.90. The Balaban J connectivity index is 1.66. The van der Waals surface area contributed by atoms with E-state index in [-0.39, 0.29) is 0 Å². The van der Waals surface area contributed by atoms with E-state index in [1.165, 1.54) is 0 Å². The van der Waals surface area contributed by atoms with Crippen molar-refractivity contribution in [2.75, 3.05) is 21.3 Å². The van der Waals surface area contributed by atoms with E-state index in [1.807, 2.05) is 0 Å². The highest BCUT2D eigenvalue weighted by Crippen LogP contribution is 2.27. The van der Waals surface area contributed by atoms with Gasteiger partial charge < -0.3 is 21.3 Å². The minimum Gasteiger partial charge on any atom is -0.308 e. The molecule has 0 bridgehead atoms. The number of carbonyl (C=O) groups is 2. The molecule has 0 atom stereocenters. The number of amides is 4. The highest BCUT2D eigenvalue weighted by Gasteiger charge is 2.11. The maximum absolute atomic E-state index is 12.3. The zero-order valence-corrected chi connectivity index (χ0v) is 19.0. The summed E-state index contributed by atoms with van der Waals surface area (Å²) >= 11 is 23.7. The third kappa shape index (κ3) is 6.18. The zero-order valence-electron chi connectivity index (χ0n) is 16.0. The minimum absolute atomic E-state index is 0.329. The summed E-state index contributed by atoms with van der Waals surface area (Å²) in [4.78, 5) is 24.7. The van der Waals surface area contributed by atoms with E-state index in [2.05, 4.69) is 21.3 Å². The standard InChI is InChI=1S/C21H16Cl4N4O2/c1-11-18(28-20(30)26-12-5-7-14(22)16(24)9-12)3-2-4-19(11)29-21(31)27-13-6-8-15(23)17(25)10-13/h2-10H,1H3,(H2,26,28,30)(H2,27,29,31). The number of benzene rings is 3. The summed E-state index contributed by atoms with van der Waals surface area (Å²) < 4.78 is 0. The molecule has 4 amide bonds. The zero-order chi connectivity index (χ0) is 22.5. The predicted molar refractivity (Wildman–Crippen MR) is 129 cm³/mol. The lowest BCUT2D eigenvalue weighted by atomic mass is 10.1. The molecule has 3 rings (SSSR count). The van der Waals surface area contributed by atoms with Gasteiger partial charge in [-0.05, 0) is 61.0 Å². The molecule has 160 valence electrons. The van der Waals surface area contributed by atoms with Crippen molar-refractivity contribution in [3.63, 3.8) is 0 Å². The lowest BCUT2D eigenvalue weighted by Crippen LogP contribution is -2.22. The number of rotatable bonds is 4. The number of nitrogens with one attached hydrogen (secondary N) is 4. The van der Waals surface area contributed by atoms with Gasteiger partial charge in [-0.25, -0.2) is 9.59 Å². The van der Waals surface area contributed by atoms with Crippen LogP contribution >= 0.6 is 46.4 Å². The molecule has 3 aromatic carbocycles. The van der Waals surface area contributed by atoms with Crippen LogP contribution in [0.4, 0.5) is 32.3 Å². The van der Waals surface area contributed by atoms with Gasteiger partial charge in [-0.2, -0.15) is 0 Å². The van der Waals surface area contributed by atoms with Crippen molar-refractivity contribution in [1.29, 1.82) is 0 Å². The van der Waals surface area contributed by atoms with Gasteiger partial charge in [-0.3, -0.25) is 0 Å². The van der Waals surface area contributed by atoms with Gasteiger partial charge in [-0.15, -0.1) is 0 Å². The van der Waals surface area contributed by atoms with Crippen LogP contribution in [0.2, 0.25) is 20.1 Å². The average Bonchev–Trinajstić information content (AvgIpc) is 2.70.